The van der Waals surface area contributed by atoms with Crippen LogP contribution in [-0.2, 0) is 4.79 Å². The van der Waals surface area contributed by atoms with Gasteiger partial charge >= 0.3 is 5.97 Å². The number of aromatic nitrogens is 1. The lowest BCUT2D eigenvalue weighted by atomic mass is 10.2. The Morgan fingerprint density at radius 1 is 1.52 bits per heavy atom. The number of ether oxygens (including phenoxy) is 1. The van der Waals surface area contributed by atoms with Crippen molar-refractivity contribution in [3.8, 4) is 16.3 Å². The Kier molecular flexibility index (Phi) is 4.55. The van der Waals surface area contributed by atoms with Gasteiger partial charge in [0.25, 0.3) is 0 Å². The number of methoxy groups -OCH3 is 1. The van der Waals surface area contributed by atoms with Crippen LogP contribution in [0.4, 0.5) is 0 Å². The molecule has 0 amide bonds. The van der Waals surface area contributed by atoms with E-state index in [1.165, 1.54) is 23.6 Å². The number of carbonyl (C=O) groups is 1. The van der Waals surface area contributed by atoms with Crippen molar-refractivity contribution >= 4 is 23.4 Å². The molecular weight excluding hydrogens is 292 g/mol. The molecule has 21 heavy (non-hydrogen) atoms. The van der Waals surface area contributed by atoms with Crippen LogP contribution in [0.3, 0.4) is 0 Å². The van der Waals surface area contributed by atoms with Crippen LogP contribution >= 0.6 is 11.3 Å². The molecule has 106 valence electrons. The highest BCUT2D eigenvalue weighted by Gasteiger charge is 2.10. The summed E-state index contributed by atoms with van der Waals surface area (Å²) in [5.41, 5.74) is 8.77. The molecule has 7 nitrogen and oxygen atoms in total. The summed E-state index contributed by atoms with van der Waals surface area (Å²) >= 11 is 1.27. The van der Waals surface area contributed by atoms with Crippen molar-refractivity contribution in [2.45, 2.75) is 0 Å². The molecule has 0 atom stereocenters. The highest BCUT2D eigenvalue weighted by Crippen LogP contribution is 2.33. The van der Waals surface area contributed by atoms with Crippen molar-refractivity contribution in [1.29, 1.82) is 0 Å². The number of para-hydroxylation sites is 1. The van der Waals surface area contributed by atoms with E-state index in [0.29, 0.717) is 15.6 Å². The van der Waals surface area contributed by atoms with Crippen LogP contribution in [0.5, 0.6) is 5.75 Å². The molecule has 1 aromatic heterocycles. The first-order chi connectivity index (χ1) is 10.2. The van der Waals surface area contributed by atoms with E-state index in [0.717, 1.165) is 5.56 Å². The van der Waals surface area contributed by atoms with Gasteiger partial charge in [0.2, 0.25) is 0 Å². The van der Waals surface area contributed by atoms with E-state index in [1.807, 2.05) is 24.3 Å². The second-order valence-electron chi connectivity index (χ2n) is 3.79. The van der Waals surface area contributed by atoms with Gasteiger partial charge in [0.1, 0.15) is 16.5 Å². The molecule has 0 radical (unpaired) electrons. The summed E-state index contributed by atoms with van der Waals surface area (Å²) in [6.07, 6.45) is 2.79. The fourth-order valence-corrected chi connectivity index (χ4v) is 2.50. The monoisotopic (exact) mass is 302 g/mol. The highest BCUT2D eigenvalue weighted by atomic mass is 32.1. The number of thiazole rings is 1. The van der Waals surface area contributed by atoms with E-state index in [-0.39, 0.29) is 5.70 Å². The lowest BCUT2D eigenvalue weighted by Gasteiger charge is -2.04. The number of hydrogen-bond donors (Lipinski definition) is 1. The summed E-state index contributed by atoms with van der Waals surface area (Å²) < 4.78 is 5.26. The molecule has 0 saturated heterocycles. The molecule has 1 N–H and O–H groups in total. The maximum absolute atomic E-state index is 10.9. The first-order valence-electron chi connectivity index (χ1n) is 5.75. The van der Waals surface area contributed by atoms with E-state index in [2.05, 4.69) is 15.0 Å². The highest BCUT2D eigenvalue weighted by molar-refractivity contribution is 7.15. The fourth-order valence-electron chi connectivity index (χ4n) is 1.62. The maximum Gasteiger partial charge on any atom is 0.338 e. The molecule has 2 aromatic rings. The molecule has 0 aliphatic carbocycles. The maximum atomic E-state index is 10.9. The molecule has 0 aliphatic rings. The fraction of sp³-hybridized carbons (Fsp3) is 0.0769. The second-order valence-corrected chi connectivity index (χ2v) is 4.85. The van der Waals surface area contributed by atoms with Crippen molar-refractivity contribution in [3.63, 3.8) is 0 Å². The molecule has 0 spiro atoms. The predicted octanol–water partition coefficient (Wildman–Crippen LogP) is 3.55. The third kappa shape index (κ3) is 3.38. The summed E-state index contributed by atoms with van der Waals surface area (Å²) in [5.74, 6) is -0.615. The molecule has 0 aliphatic heterocycles. The molecule has 1 heterocycles. The number of hydrogen-bond acceptors (Lipinski definition) is 5. The molecular formula is C13H10N4O3S. The number of azide groups is 1. The summed E-state index contributed by atoms with van der Waals surface area (Å²) in [7, 11) is 1.57. The molecule has 1 aromatic carbocycles. The minimum atomic E-state index is -1.29. The molecule has 0 fully saturated rings. The lowest BCUT2D eigenvalue weighted by molar-refractivity contribution is -0.132. The molecule has 0 saturated carbocycles. The van der Waals surface area contributed by atoms with Gasteiger partial charge in [-0.3, -0.25) is 0 Å². The minimum absolute atomic E-state index is 0.382. The molecule has 2 rings (SSSR count). The standard InChI is InChI=1S/C13H10N4O3S/c1-20-11-5-3-2-4-9(11)12-15-7-8(21-12)6-10(13(18)19)16-17-14/h2-7H,1H3,(H,18,19)/b10-6-. The summed E-state index contributed by atoms with van der Waals surface area (Å²) in [6, 6.07) is 7.38. The zero-order valence-electron chi connectivity index (χ0n) is 10.9. The molecule has 0 unspecified atom stereocenters. The van der Waals surface area contributed by atoms with Gasteiger partial charge in [-0.25, -0.2) is 9.78 Å². The van der Waals surface area contributed by atoms with Crippen LogP contribution in [0.25, 0.3) is 27.1 Å². The quantitative estimate of drug-likeness (QED) is 0.394. The third-order valence-corrected chi connectivity index (χ3v) is 3.49. The van der Waals surface area contributed by atoms with E-state index in [4.69, 9.17) is 15.4 Å². The van der Waals surface area contributed by atoms with Gasteiger partial charge < -0.3 is 9.84 Å². The largest absolute Gasteiger partial charge is 0.496 e. The Morgan fingerprint density at radius 2 is 2.29 bits per heavy atom. The first kappa shape index (κ1) is 14.6. The zero-order chi connectivity index (χ0) is 15.2. The topological polar surface area (TPSA) is 108 Å². The van der Waals surface area contributed by atoms with E-state index >= 15 is 0 Å². The lowest BCUT2D eigenvalue weighted by Crippen LogP contribution is -1.95. The Morgan fingerprint density at radius 3 is 2.95 bits per heavy atom. The van der Waals surface area contributed by atoms with Gasteiger partial charge in [0, 0.05) is 16.0 Å². The number of benzene rings is 1. The summed E-state index contributed by atoms with van der Waals surface area (Å²) in [6.45, 7) is 0. The smallest absolute Gasteiger partial charge is 0.338 e. The van der Waals surface area contributed by atoms with Crippen molar-refractivity contribution in [2.75, 3.05) is 7.11 Å². The van der Waals surface area contributed by atoms with Crippen molar-refractivity contribution in [3.05, 3.63) is 51.5 Å². The van der Waals surface area contributed by atoms with Crippen LogP contribution in [-0.4, -0.2) is 23.2 Å². The van der Waals surface area contributed by atoms with Crippen LogP contribution in [0, 0.1) is 0 Å². The molecule has 0 bridgehead atoms. The van der Waals surface area contributed by atoms with Gasteiger partial charge in [-0.2, -0.15) is 0 Å². The number of carboxylic acid groups (broad SMARTS) is 1. The Balaban J connectivity index is 2.40. The van der Waals surface area contributed by atoms with E-state index in [9.17, 15) is 4.79 Å². The van der Waals surface area contributed by atoms with Crippen LogP contribution in [0.2, 0.25) is 0 Å². The number of aliphatic carboxylic acids is 1. The average Bonchev–Trinajstić information content (AvgIpc) is 2.95. The van der Waals surface area contributed by atoms with Gasteiger partial charge in [-0.1, -0.05) is 17.2 Å². The Bertz CT molecular complexity index is 743. The third-order valence-electron chi connectivity index (χ3n) is 2.51. The molecule has 8 heteroatoms. The van der Waals surface area contributed by atoms with Crippen molar-refractivity contribution in [2.24, 2.45) is 5.11 Å². The second kappa shape index (κ2) is 6.56. The Labute approximate surface area is 123 Å². The van der Waals surface area contributed by atoms with E-state index in [1.54, 1.807) is 7.11 Å². The normalized spacial score (nSPS) is 10.8. The van der Waals surface area contributed by atoms with Crippen LogP contribution in [0.1, 0.15) is 4.88 Å². The average molecular weight is 302 g/mol. The SMILES string of the molecule is COc1ccccc1-c1ncc(/C=C(\N=[N+]=[N-])C(=O)O)s1. The zero-order valence-corrected chi connectivity index (χ0v) is 11.7. The van der Waals surface area contributed by atoms with E-state index < -0.39 is 5.97 Å². The van der Waals surface area contributed by atoms with Gasteiger partial charge in [-0.05, 0) is 23.7 Å². The number of rotatable bonds is 5. The van der Waals surface area contributed by atoms with Gasteiger partial charge in [-0.15, -0.1) is 11.3 Å². The van der Waals surface area contributed by atoms with Crippen molar-refractivity contribution in [1.82, 2.24) is 4.98 Å². The first-order valence-corrected chi connectivity index (χ1v) is 6.56. The summed E-state index contributed by atoms with van der Waals surface area (Å²) in [4.78, 5) is 18.2. The van der Waals surface area contributed by atoms with Gasteiger partial charge in [0.05, 0.1) is 12.7 Å². The minimum Gasteiger partial charge on any atom is -0.496 e. The number of nitrogens with zero attached hydrogens (tertiary/aromatic N) is 4. The predicted molar refractivity (Wildman–Crippen MR) is 78.9 cm³/mol. The summed E-state index contributed by atoms with van der Waals surface area (Å²) in [5, 5.41) is 12.7. The van der Waals surface area contributed by atoms with Crippen LogP contribution < -0.4 is 4.74 Å². The Hall–Kier alpha value is -2.83. The van der Waals surface area contributed by atoms with Crippen LogP contribution in [0.15, 0.2) is 41.3 Å². The van der Waals surface area contributed by atoms with Gasteiger partial charge in [0.15, 0.2) is 0 Å². The van der Waals surface area contributed by atoms with Crippen molar-refractivity contribution < 1.29 is 14.6 Å². The number of carboxylic acids is 1.